The van der Waals surface area contributed by atoms with Crippen molar-refractivity contribution in [1.29, 1.82) is 0 Å². The average Bonchev–Trinajstić information content (AvgIpc) is 2.73. The van der Waals surface area contributed by atoms with E-state index >= 15 is 0 Å². The Balaban J connectivity index is 1.84. The molecular weight excluding hydrogens is 355 g/mol. The molecule has 0 aliphatic carbocycles. The van der Waals surface area contributed by atoms with Crippen LogP contribution in [0.2, 0.25) is 0 Å². The summed E-state index contributed by atoms with van der Waals surface area (Å²) in [6.45, 7) is 2.99. The molecule has 0 spiro atoms. The molecule has 1 saturated heterocycles. The Morgan fingerprint density at radius 3 is 2.50 bits per heavy atom. The second kappa shape index (κ2) is 8.55. The molecule has 2 amide bonds. The molecule has 3 rings (SSSR count). The van der Waals surface area contributed by atoms with Crippen LogP contribution in [0.1, 0.15) is 31.7 Å². The van der Waals surface area contributed by atoms with Crippen LogP contribution in [0.4, 0.5) is 4.39 Å². The first-order valence-electron chi connectivity index (χ1n) is 9.83. The second-order valence-electron chi connectivity index (χ2n) is 7.49. The fraction of sp³-hybridized carbons (Fsp3) is 0.391. The molecule has 2 aromatic carbocycles. The summed E-state index contributed by atoms with van der Waals surface area (Å²) < 4.78 is 14.0. The van der Waals surface area contributed by atoms with Crippen LogP contribution in [0.5, 0.6) is 0 Å². The summed E-state index contributed by atoms with van der Waals surface area (Å²) in [4.78, 5) is 26.8. The molecule has 28 heavy (non-hydrogen) atoms. The number of piperidine rings is 1. The lowest BCUT2D eigenvalue weighted by atomic mass is 9.74. The third kappa shape index (κ3) is 4.08. The quantitative estimate of drug-likeness (QED) is 0.855. The number of amides is 2. The molecule has 1 aliphatic rings. The van der Waals surface area contributed by atoms with Crippen molar-refractivity contribution in [2.45, 2.75) is 32.6 Å². The van der Waals surface area contributed by atoms with Gasteiger partial charge in [0, 0.05) is 32.1 Å². The number of likely N-dealkylation sites (tertiary alicyclic amines) is 1. The summed E-state index contributed by atoms with van der Waals surface area (Å²) in [5, 5.41) is 2.79. The van der Waals surface area contributed by atoms with Crippen LogP contribution in [0.15, 0.2) is 48.5 Å². The van der Waals surface area contributed by atoms with E-state index in [1.54, 1.807) is 19.2 Å². The van der Waals surface area contributed by atoms with Gasteiger partial charge in [-0.05, 0) is 36.5 Å². The highest BCUT2D eigenvalue weighted by Crippen LogP contribution is 2.35. The highest BCUT2D eigenvalue weighted by Gasteiger charge is 2.42. The van der Waals surface area contributed by atoms with Crippen molar-refractivity contribution in [2.24, 2.45) is 5.41 Å². The number of carbonyl (C=O) groups excluding carboxylic acids is 2. The molecule has 0 radical (unpaired) electrons. The van der Waals surface area contributed by atoms with Gasteiger partial charge in [-0.25, -0.2) is 4.39 Å². The van der Waals surface area contributed by atoms with Crippen molar-refractivity contribution < 1.29 is 14.0 Å². The van der Waals surface area contributed by atoms with Crippen LogP contribution in [0.3, 0.4) is 0 Å². The second-order valence-corrected chi connectivity index (χ2v) is 7.49. The van der Waals surface area contributed by atoms with Gasteiger partial charge in [-0.2, -0.15) is 0 Å². The van der Waals surface area contributed by atoms with Gasteiger partial charge < -0.3 is 10.2 Å². The van der Waals surface area contributed by atoms with Gasteiger partial charge in [0.05, 0.1) is 5.41 Å². The van der Waals surface area contributed by atoms with E-state index in [-0.39, 0.29) is 17.6 Å². The van der Waals surface area contributed by atoms with Crippen LogP contribution in [0.25, 0.3) is 11.1 Å². The molecule has 5 heteroatoms. The summed E-state index contributed by atoms with van der Waals surface area (Å²) in [5.74, 6) is -0.194. The first-order chi connectivity index (χ1) is 13.5. The summed E-state index contributed by atoms with van der Waals surface area (Å²) in [5.41, 5.74) is 1.75. The minimum Gasteiger partial charge on any atom is -0.359 e. The zero-order valence-corrected chi connectivity index (χ0v) is 16.5. The van der Waals surface area contributed by atoms with Crippen molar-refractivity contribution in [3.8, 4) is 11.1 Å². The van der Waals surface area contributed by atoms with E-state index in [1.807, 2.05) is 42.2 Å². The topological polar surface area (TPSA) is 49.4 Å². The van der Waals surface area contributed by atoms with E-state index in [2.05, 4.69) is 5.32 Å². The van der Waals surface area contributed by atoms with E-state index in [4.69, 9.17) is 0 Å². The van der Waals surface area contributed by atoms with Crippen molar-refractivity contribution in [1.82, 2.24) is 10.2 Å². The fourth-order valence-electron chi connectivity index (χ4n) is 4.13. The Hall–Kier alpha value is -2.69. The maximum Gasteiger partial charge on any atom is 0.228 e. The molecule has 148 valence electrons. The van der Waals surface area contributed by atoms with Gasteiger partial charge in [0.1, 0.15) is 5.82 Å². The maximum absolute atomic E-state index is 14.0. The maximum atomic E-state index is 14.0. The Morgan fingerprint density at radius 2 is 1.86 bits per heavy atom. The normalized spacial score (nSPS) is 19.3. The Bertz CT molecular complexity index is 850. The molecule has 0 aromatic heterocycles. The molecule has 4 nitrogen and oxygen atoms in total. The predicted octanol–water partition coefficient (Wildman–Crippen LogP) is 3.80. The summed E-state index contributed by atoms with van der Waals surface area (Å²) in [7, 11) is 1.64. The lowest BCUT2D eigenvalue weighted by molar-refractivity contribution is -0.141. The molecule has 0 bridgehead atoms. The van der Waals surface area contributed by atoms with Gasteiger partial charge in [0.2, 0.25) is 11.8 Å². The van der Waals surface area contributed by atoms with E-state index in [9.17, 15) is 14.0 Å². The number of nitrogens with one attached hydrogen (secondary N) is 1. The van der Waals surface area contributed by atoms with Crippen LogP contribution < -0.4 is 5.32 Å². The molecule has 1 fully saturated rings. The predicted molar refractivity (Wildman–Crippen MR) is 108 cm³/mol. The highest BCUT2D eigenvalue weighted by atomic mass is 19.1. The lowest BCUT2D eigenvalue weighted by Gasteiger charge is -2.41. The Kier molecular flexibility index (Phi) is 6.12. The molecular formula is C23H27FN2O2. The number of benzene rings is 2. The van der Waals surface area contributed by atoms with Crippen LogP contribution >= 0.6 is 0 Å². The zero-order chi connectivity index (χ0) is 20.1. The average molecular weight is 382 g/mol. The van der Waals surface area contributed by atoms with Crippen molar-refractivity contribution in [2.75, 3.05) is 20.1 Å². The monoisotopic (exact) mass is 382 g/mol. The smallest absolute Gasteiger partial charge is 0.228 e. The fourth-order valence-corrected chi connectivity index (χ4v) is 4.13. The number of nitrogens with zero attached hydrogens (tertiary/aromatic N) is 1. The molecule has 1 aliphatic heterocycles. The summed E-state index contributed by atoms with van der Waals surface area (Å²) in [6.07, 6.45) is 2.56. The zero-order valence-electron chi connectivity index (χ0n) is 16.5. The standard InChI is InChI=1S/C23H27FN2O2/c1-3-21(27)26-14-6-13-23(16-26,22(28)25-2)15-17-9-11-18(12-10-17)19-7-4-5-8-20(19)24/h4-5,7-12H,3,6,13-16H2,1-2H3,(H,25,28)/t23-/m0/s1. The minimum absolute atomic E-state index is 0.0284. The Labute approximate surface area is 165 Å². The van der Waals surface area contributed by atoms with Crippen molar-refractivity contribution >= 4 is 11.8 Å². The summed E-state index contributed by atoms with van der Waals surface area (Å²) in [6, 6.07) is 14.4. The van der Waals surface area contributed by atoms with Gasteiger partial charge in [-0.1, -0.05) is 49.4 Å². The molecule has 1 N–H and O–H groups in total. The third-order valence-electron chi connectivity index (χ3n) is 5.62. The first-order valence-corrected chi connectivity index (χ1v) is 9.83. The van der Waals surface area contributed by atoms with Crippen LogP contribution in [0, 0.1) is 11.2 Å². The van der Waals surface area contributed by atoms with Crippen molar-refractivity contribution in [3.63, 3.8) is 0 Å². The largest absolute Gasteiger partial charge is 0.359 e. The highest BCUT2D eigenvalue weighted by molar-refractivity contribution is 5.84. The summed E-state index contributed by atoms with van der Waals surface area (Å²) >= 11 is 0. The Morgan fingerprint density at radius 1 is 1.14 bits per heavy atom. The van der Waals surface area contributed by atoms with E-state index in [0.29, 0.717) is 31.5 Å². The number of hydrogen-bond donors (Lipinski definition) is 1. The van der Waals surface area contributed by atoms with Gasteiger partial charge in [-0.15, -0.1) is 0 Å². The van der Waals surface area contributed by atoms with Crippen LogP contribution in [-0.2, 0) is 16.0 Å². The van der Waals surface area contributed by atoms with E-state index < -0.39 is 5.41 Å². The van der Waals surface area contributed by atoms with Gasteiger partial charge in [-0.3, -0.25) is 9.59 Å². The van der Waals surface area contributed by atoms with Crippen LogP contribution in [-0.4, -0.2) is 36.9 Å². The number of rotatable bonds is 5. The third-order valence-corrected chi connectivity index (χ3v) is 5.62. The van der Waals surface area contributed by atoms with Crippen molar-refractivity contribution in [3.05, 3.63) is 59.9 Å². The van der Waals surface area contributed by atoms with E-state index in [0.717, 1.165) is 24.0 Å². The number of carbonyl (C=O) groups is 2. The SMILES string of the molecule is CCC(=O)N1CCC[C@@](Cc2ccc(-c3ccccc3F)cc2)(C(=O)NC)C1. The molecule has 1 heterocycles. The molecule has 0 saturated carbocycles. The lowest BCUT2D eigenvalue weighted by Crippen LogP contribution is -2.53. The van der Waals surface area contributed by atoms with Gasteiger partial charge in [0.25, 0.3) is 0 Å². The first kappa shape index (κ1) is 20.1. The molecule has 0 unspecified atom stereocenters. The molecule has 1 atom stereocenters. The van der Waals surface area contributed by atoms with Gasteiger partial charge in [0.15, 0.2) is 0 Å². The number of halogens is 1. The van der Waals surface area contributed by atoms with E-state index in [1.165, 1.54) is 6.07 Å². The van der Waals surface area contributed by atoms with Gasteiger partial charge >= 0.3 is 0 Å². The number of hydrogen-bond acceptors (Lipinski definition) is 2. The minimum atomic E-state index is -0.628. The molecule has 2 aromatic rings.